The molecule has 0 radical (unpaired) electrons. The summed E-state index contributed by atoms with van der Waals surface area (Å²) in [7, 11) is 0. The van der Waals surface area contributed by atoms with Gasteiger partial charge in [0, 0.05) is 4.88 Å². The summed E-state index contributed by atoms with van der Waals surface area (Å²) in [5.74, 6) is -2.63. The minimum absolute atomic E-state index is 0.0679. The van der Waals surface area contributed by atoms with Crippen LogP contribution in [-0.2, 0) is 22.4 Å². The molecule has 2 amide bonds. The highest BCUT2D eigenvalue weighted by molar-refractivity contribution is 7.17. The lowest BCUT2D eigenvalue weighted by Crippen LogP contribution is -2.47. The second kappa shape index (κ2) is 7.94. The van der Waals surface area contributed by atoms with E-state index in [9.17, 15) is 19.5 Å². The van der Waals surface area contributed by atoms with Gasteiger partial charge in [0.25, 0.3) is 5.91 Å². The molecule has 2 bridgehead atoms. The second-order valence-electron chi connectivity index (χ2n) is 8.64. The van der Waals surface area contributed by atoms with Crippen molar-refractivity contribution in [2.75, 3.05) is 5.32 Å². The van der Waals surface area contributed by atoms with E-state index in [1.165, 1.54) is 11.3 Å². The van der Waals surface area contributed by atoms with Gasteiger partial charge in [-0.3, -0.25) is 14.4 Å². The monoisotopic (exact) mass is 416 g/mol. The molecule has 7 heteroatoms. The van der Waals surface area contributed by atoms with Crippen molar-refractivity contribution in [2.24, 2.45) is 35.3 Å². The fourth-order valence-electron chi connectivity index (χ4n) is 5.54. The molecule has 1 aromatic heterocycles. The molecule has 5 rings (SSSR count). The first-order valence-electron chi connectivity index (χ1n) is 10.6. The number of carboxylic acid groups (broad SMARTS) is 1. The Morgan fingerprint density at radius 2 is 1.86 bits per heavy atom. The predicted octanol–water partition coefficient (Wildman–Crippen LogP) is 3.60. The van der Waals surface area contributed by atoms with Crippen LogP contribution in [-0.4, -0.2) is 22.9 Å². The Labute approximate surface area is 174 Å². The van der Waals surface area contributed by atoms with Gasteiger partial charge in [-0.2, -0.15) is 0 Å². The molecule has 1 aromatic rings. The first-order chi connectivity index (χ1) is 13.9. The van der Waals surface area contributed by atoms with Crippen LogP contribution in [0, 0.1) is 29.6 Å². The van der Waals surface area contributed by atoms with Gasteiger partial charge < -0.3 is 16.2 Å². The van der Waals surface area contributed by atoms with E-state index in [-0.39, 0.29) is 17.7 Å². The predicted molar refractivity (Wildman–Crippen MR) is 112 cm³/mol. The minimum Gasteiger partial charge on any atom is -0.481 e. The summed E-state index contributed by atoms with van der Waals surface area (Å²) in [6.07, 6.45) is 10.6. The second-order valence-corrected chi connectivity index (χ2v) is 9.74. The Kier molecular flexibility index (Phi) is 5.51. The van der Waals surface area contributed by atoms with Crippen molar-refractivity contribution in [3.63, 3.8) is 0 Å². The van der Waals surface area contributed by atoms with Gasteiger partial charge in [-0.05, 0) is 55.4 Å². The summed E-state index contributed by atoms with van der Waals surface area (Å²) >= 11 is 1.44. The normalized spacial score (nSPS) is 30.0. The summed E-state index contributed by atoms with van der Waals surface area (Å²) in [5.41, 5.74) is 7.08. The first kappa shape index (κ1) is 20.1. The van der Waals surface area contributed by atoms with E-state index in [0.29, 0.717) is 16.5 Å². The fraction of sp³-hybridized carbons (Fsp3) is 0.591. The van der Waals surface area contributed by atoms with Gasteiger partial charge >= 0.3 is 5.97 Å². The van der Waals surface area contributed by atoms with E-state index in [1.807, 2.05) is 12.2 Å². The zero-order valence-electron chi connectivity index (χ0n) is 16.6. The quantitative estimate of drug-likeness (QED) is 0.615. The molecule has 5 atom stereocenters. The van der Waals surface area contributed by atoms with Crippen molar-refractivity contribution in [2.45, 2.75) is 51.9 Å². The number of primary amides is 1. The maximum absolute atomic E-state index is 13.2. The molecule has 1 fully saturated rings. The Morgan fingerprint density at radius 1 is 1.17 bits per heavy atom. The maximum Gasteiger partial charge on any atom is 0.307 e. The molecule has 0 aliphatic heterocycles. The van der Waals surface area contributed by atoms with Crippen molar-refractivity contribution in [3.8, 4) is 0 Å². The standard InChI is InChI=1S/C22H28N2O4S/c1-2-3-11-4-9-14-15(10-11)29-21(18(14)19(23)25)24-20(26)16-12-5-7-13(8-6-12)17(16)22(27)28/h5,7,11-13,16-17H,2-4,6,8-10H2,1H3,(H2,23,25)(H,24,26)(H,27,28)/t11-,12-,13-,16-,17-/m0/s1. The number of amides is 2. The van der Waals surface area contributed by atoms with Gasteiger partial charge in [-0.25, -0.2) is 0 Å². The van der Waals surface area contributed by atoms with Crippen LogP contribution in [0.5, 0.6) is 0 Å². The lowest BCUT2D eigenvalue weighted by atomic mass is 9.62. The number of hydrogen-bond acceptors (Lipinski definition) is 4. The Hall–Kier alpha value is -2.15. The number of aliphatic carboxylic acids is 1. The molecule has 1 heterocycles. The highest BCUT2D eigenvalue weighted by Gasteiger charge is 2.48. The molecule has 0 saturated heterocycles. The molecule has 0 unspecified atom stereocenters. The van der Waals surface area contributed by atoms with Crippen molar-refractivity contribution < 1.29 is 19.5 Å². The summed E-state index contributed by atoms with van der Waals surface area (Å²) < 4.78 is 0. The van der Waals surface area contributed by atoms with Gasteiger partial charge in [0.2, 0.25) is 5.91 Å². The van der Waals surface area contributed by atoms with Crippen LogP contribution in [0.1, 0.15) is 59.8 Å². The number of hydrogen-bond donors (Lipinski definition) is 3. The van der Waals surface area contributed by atoms with Gasteiger partial charge in [-0.1, -0.05) is 31.9 Å². The van der Waals surface area contributed by atoms with Crippen LogP contribution in [0.25, 0.3) is 0 Å². The van der Waals surface area contributed by atoms with Crippen LogP contribution in [0.15, 0.2) is 12.2 Å². The first-order valence-corrected chi connectivity index (χ1v) is 11.4. The number of carbonyl (C=O) groups excluding carboxylic acids is 2. The molecule has 29 heavy (non-hydrogen) atoms. The molecule has 1 saturated carbocycles. The Balaban J connectivity index is 1.61. The third kappa shape index (κ3) is 3.61. The van der Waals surface area contributed by atoms with Gasteiger partial charge in [-0.15, -0.1) is 11.3 Å². The number of rotatable bonds is 6. The van der Waals surface area contributed by atoms with E-state index >= 15 is 0 Å². The number of thiophene rings is 1. The summed E-state index contributed by atoms with van der Waals surface area (Å²) in [6.45, 7) is 2.18. The lowest BCUT2D eigenvalue weighted by molar-refractivity contribution is -0.151. The average molecular weight is 417 g/mol. The molecule has 0 spiro atoms. The smallest absolute Gasteiger partial charge is 0.307 e. The molecule has 6 nitrogen and oxygen atoms in total. The maximum atomic E-state index is 13.2. The number of carboxylic acids is 1. The molecule has 4 aliphatic carbocycles. The van der Waals surface area contributed by atoms with E-state index in [2.05, 4.69) is 12.2 Å². The van der Waals surface area contributed by atoms with Crippen LogP contribution < -0.4 is 11.1 Å². The minimum atomic E-state index is -0.924. The number of anilines is 1. The summed E-state index contributed by atoms with van der Waals surface area (Å²) in [6, 6.07) is 0. The van der Waals surface area contributed by atoms with E-state index in [4.69, 9.17) is 5.73 Å². The van der Waals surface area contributed by atoms with Crippen molar-refractivity contribution in [1.82, 2.24) is 0 Å². The zero-order valence-corrected chi connectivity index (χ0v) is 17.5. The Morgan fingerprint density at radius 3 is 2.45 bits per heavy atom. The van der Waals surface area contributed by atoms with Crippen molar-refractivity contribution in [3.05, 3.63) is 28.2 Å². The Bertz CT molecular complexity index is 874. The molecule has 4 N–H and O–H groups in total. The third-order valence-electron chi connectivity index (χ3n) is 6.88. The summed E-state index contributed by atoms with van der Waals surface area (Å²) in [5, 5.41) is 13.1. The average Bonchev–Trinajstić information content (AvgIpc) is 3.05. The molecule has 0 aromatic carbocycles. The molecule has 4 aliphatic rings. The topological polar surface area (TPSA) is 109 Å². The van der Waals surface area contributed by atoms with E-state index in [0.717, 1.165) is 55.4 Å². The third-order valence-corrected chi connectivity index (χ3v) is 8.05. The van der Waals surface area contributed by atoms with Crippen molar-refractivity contribution in [1.29, 1.82) is 0 Å². The van der Waals surface area contributed by atoms with Gasteiger partial charge in [0.05, 0.1) is 17.4 Å². The highest BCUT2D eigenvalue weighted by Crippen LogP contribution is 2.46. The van der Waals surface area contributed by atoms with E-state index < -0.39 is 23.7 Å². The highest BCUT2D eigenvalue weighted by atomic mass is 32.1. The lowest BCUT2D eigenvalue weighted by Gasteiger charge is -2.41. The molecule has 156 valence electrons. The fourth-order valence-corrected chi connectivity index (χ4v) is 6.91. The zero-order chi connectivity index (χ0) is 20.7. The number of allylic oxidation sites excluding steroid dienone is 2. The van der Waals surface area contributed by atoms with Crippen LogP contribution >= 0.6 is 11.3 Å². The number of nitrogens with one attached hydrogen (secondary N) is 1. The largest absolute Gasteiger partial charge is 0.481 e. The van der Waals surface area contributed by atoms with Gasteiger partial charge in [0.15, 0.2) is 0 Å². The van der Waals surface area contributed by atoms with Gasteiger partial charge in [0.1, 0.15) is 5.00 Å². The van der Waals surface area contributed by atoms with Crippen LogP contribution in [0.3, 0.4) is 0 Å². The van der Waals surface area contributed by atoms with E-state index in [1.54, 1.807) is 0 Å². The van der Waals surface area contributed by atoms with Crippen LogP contribution in [0.2, 0.25) is 0 Å². The molecular weight excluding hydrogens is 388 g/mol. The van der Waals surface area contributed by atoms with Crippen LogP contribution in [0.4, 0.5) is 5.00 Å². The number of fused-ring (bicyclic) bond motifs is 3. The number of nitrogens with two attached hydrogens (primary N) is 1. The number of carbonyl (C=O) groups is 3. The molecular formula is C22H28N2O4S. The SMILES string of the molecule is CCC[C@H]1CCc2c(sc(NC(=O)[C@@H]3[C@@H](C(=O)O)[C@H]4C=C[C@H]3CC4)c2C(N)=O)C1. The summed E-state index contributed by atoms with van der Waals surface area (Å²) in [4.78, 5) is 38.4. The van der Waals surface area contributed by atoms with Crippen molar-refractivity contribution >= 4 is 34.1 Å².